The zero-order chi connectivity index (χ0) is 29.0. The highest BCUT2D eigenvalue weighted by Gasteiger charge is 2.37. The summed E-state index contributed by atoms with van der Waals surface area (Å²) in [4.78, 5) is 15.3. The zero-order valence-electron chi connectivity index (χ0n) is 24.1. The van der Waals surface area contributed by atoms with Gasteiger partial charge in [0.05, 0.1) is 0 Å². The molecule has 0 aliphatic heterocycles. The maximum atomic E-state index is 5.15. The highest BCUT2D eigenvalue weighted by atomic mass is 15.0. The zero-order valence-corrected chi connectivity index (χ0v) is 24.1. The Morgan fingerprint density at radius 3 is 1.58 bits per heavy atom. The largest absolute Gasteiger partial charge is 0.208 e. The molecule has 0 spiro atoms. The minimum Gasteiger partial charge on any atom is -0.208 e. The molecule has 0 N–H and O–H groups in total. The second kappa shape index (κ2) is 9.85. The van der Waals surface area contributed by atoms with Crippen molar-refractivity contribution in [3.8, 4) is 56.4 Å². The fourth-order valence-corrected chi connectivity index (χ4v) is 6.52. The Kier molecular flexibility index (Phi) is 5.80. The van der Waals surface area contributed by atoms with Crippen molar-refractivity contribution < 1.29 is 0 Å². The van der Waals surface area contributed by atoms with Gasteiger partial charge < -0.3 is 0 Å². The van der Waals surface area contributed by atoms with E-state index >= 15 is 0 Å². The number of hydrogen-bond donors (Lipinski definition) is 0. The number of fused-ring (bicyclic) bond motifs is 5. The van der Waals surface area contributed by atoms with Gasteiger partial charge in [-0.05, 0) is 50.2 Å². The van der Waals surface area contributed by atoms with E-state index in [2.05, 4.69) is 129 Å². The van der Waals surface area contributed by atoms with Crippen molar-refractivity contribution in [2.24, 2.45) is 0 Å². The standard InChI is InChI=1S/C40H29N3/c1-40(2)34-20-12-11-19-32(34)36-31-18-10-9-17-30(31)33(25-35(36)40)39-42-37(28-15-7-4-8-16-28)41-38(43-39)29-23-21-27(22-24-29)26-13-5-3-6-14-26/h3-25H,1-2H3. The molecule has 0 amide bonds. The molecule has 3 nitrogen and oxygen atoms in total. The first-order chi connectivity index (χ1) is 21.1. The topological polar surface area (TPSA) is 38.7 Å². The van der Waals surface area contributed by atoms with Gasteiger partial charge in [0.15, 0.2) is 17.5 Å². The van der Waals surface area contributed by atoms with Crippen LogP contribution in [0.25, 0.3) is 67.2 Å². The second-order valence-corrected chi connectivity index (χ2v) is 11.7. The molecular formula is C40H29N3. The van der Waals surface area contributed by atoms with Crippen LogP contribution in [0.1, 0.15) is 25.0 Å². The molecule has 1 aromatic heterocycles. The average molecular weight is 552 g/mol. The molecule has 1 heterocycles. The molecule has 0 bridgehead atoms. The summed E-state index contributed by atoms with van der Waals surface area (Å²) in [6.45, 7) is 4.64. The van der Waals surface area contributed by atoms with E-state index in [4.69, 9.17) is 15.0 Å². The highest BCUT2D eigenvalue weighted by Crippen LogP contribution is 2.52. The van der Waals surface area contributed by atoms with Crippen molar-refractivity contribution in [3.05, 3.63) is 151 Å². The first kappa shape index (κ1) is 25.3. The first-order valence-corrected chi connectivity index (χ1v) is 14.7. The van der Waals surface area contributed by atoms with Gasteiger partial charge in [-0.1, -0.05) is 147 Å². The first-order valence-electron chi connectivity index (χ1n) is 14.7. The Bertz CT molecular complexity index is 2130. The Morgan fingerprint density at radius 2 is 0.884 bits per heavy atom. The average Bonchev–Trinajstić information content (AvgIpc) is 3.31. The van der Waals surface area contributed by atoms with E-state index in [9.17, 15) is 0 Å². The SMILES string of the molecule is CC1(C)c2ccccc2-c2c1cc(-c1nc(-c3ccccc3)nc(-c3ccc(-c4ccccc4)cc3)n1)c1ccccc21. The predicted molar refractivity (Wildman–Crippen MR) is 177 cm³/mol. The Balaban J connectivity index is 1.35. The third-order valence-electron chi connectivity index (χ3n) is 8.75. The fourth-order valence-electron chi connectivity index (χ4n) is 6.52. The fraction of sp³-hybridized carbons (Fsp3) is 0.0750. The molecule has 0 radical (unpaired) electrons. The van der Waals surface area contributed by atoms with E-state index in [1.54, 1.807) is 0 Å². The third kappa shape index (κ3) is 4.16. The van der Waals surface area contributed by atoms with Crippen LogP contribution in [-0.2, 0) is 5.41 Å². The Morgan fingerprint density at radius 1 is 0.395 bits per heavy atom. The van der Waals surface area contributed by atoms with Gasteiger partial charge in [-0.2, -0.15) is 0 Å². The number of hydrogen-bond acceptors (Lipinski definition) is 3. The predicted octanol–water partition coefficient (Wildman–Crippen LogP) is 10.00. The van der Waals surface area contributed by atoms with E-state index in [1.807, 2.05) is 24.3 Å². The third-order valence-corrected chi connectivity index (χ3v) is 8.75. The maximum absolute atomic E-state index is 5.15. The molecule has 0 fully saturated rings. The van der Waals surface area contributed by atoms with Crippen LogP contribution < -0.4 is 0 Å². The van der Waals surface area contributed by atoms with Gasteiger partial charge in [-0.15, -0.1) is 0 Å². The Labute approximate surface area is 251 Å². The second-order valence-electron chi connectivity index (χ2n) is 11.7. The van der Waals surface area contributed by atoms with E-state index in [0.29, 0.717) is 17.5 Å². The lowest BCUT2D eigenvalue weighted by Crippen LogP contribution is -2.15. The monoisotopic (exact) mass is 551 g/mol. The minimum atomic E-state index is -0.143. The van der Waals surface area contributed by atoms with Gasteiger partial charge in [0, 0.05) is 22.1 Å². The molecule has 43 heavy (non-hydrogen) atoms. The lowest BCUT2D eigenvalue weighted by molar-refractivity contribution is 0.661. The summed E-state index contributed by atoms with van der Waals surface area (Å²) in [6.07, 6.45) is 0. The molecule has 1 aliphatic rings. The van der Waals surface area contributed by atoms with Gasteiger partial charge in [0.2, 0.25) is 0 Å². The van der Waals surface area contributed by atoms with Gasteiger partial charge in [-0.3, -0.25) is 0 Å². The van der Waals surface area contributed by atoms with E-state index in [-0.39, 0.29) is 5.41 Å². The van der Waals surface area contributed by atoms with Gasteiger partial charge in [0.25, 0.3) is 0 Å². The summed E-state index contributed by atoms with van der Waals surface area (Å²) in [6, 6.07) is 48.9. The van der Waals surface area contributed by atoms with Crippen LogP contribution >= 0.6 is 0 Å². The summed E-state index contributed by atoms with van der Waals surface area (Å²) < 4.78 is 0. The molecule has 0 unspecified atom stereocenters. The lowest BCUT2D eigenvalue weighted by atomic mass is 9.81. The summed E-state index contributed by atoms with van der Waals surface area (Å²) >= 11 is 0. The van der Waals surface area contributed by atoms with Crippen molar-refractivity contribution in [3.63, 3.8) is 0 Å². The molecule has 7 aromatic rings. The minimum absolute atomic E-state index is 0.143. The van der Waals surface area contributed by atoms with Gasteiger partial charge >= 0.3 is 0 Å². The van der Waals surface area contributed by atoms with Crippen LogP contribution in [0.3, 0.4) is 0 Å². The highest BCUT2D eigenvalue weighted by molar-refractivity contribution is 6.08. The quantitative estimate of drug-likeness (QED) is 0.218. The van der Waals surface area contributed by atoms with Crippen molar-refractivity contribution in [1.82, 2.24) is 15.0 Å². The Hall–Kier alpha value is -5.41. The summed E-state index contributed by atoms with van der Waals surface area (Å²) in [5.74, 6) is 2.01. The van der Waals surface area contributed by atoms with E-state index in [1.165, 1.54) is 33.2 Å². The van der Waals surface area contributed by atoms with E-state index in [0.717, 1.165) is 27.6 Å². The van der Waals surface area contributed by atoms with Crippen LogP contribution in [0.15, 0.2) is 140 Å². The van der Waals surface area contributed by atoms with Crippen molar-refractivity contribution in [1.29, 1.82) is 0 Å². The van der Waals surface area contributed by atoms with E-state index < -0.39 is 0 Å². The number of rotatable bonds is 4. The summed E-state index contributed by atoms with van der Waals surface area (Å²) in [5.41, 5.74) is 10.4. The van der Waals surface area contributed by atoms with Gasteiger partial charge in [-0.25, -0.2) is 15.0 Å². The van der Waals surface area contributed by atoms with Crippen LogP contribution in [0.4, 0.5) is 0 Å². The van der Waals surface area contributed by atoms with Crippen LogP contribution in [0.2, 0.25) is 0 Å². The molecular weight excluding hydrogens is 522 g/mol. The number of benzene rings is 6. The molecule has 0 saturated carbocycles. The van der Waals surface area contributed by atoms with Crippen LogP contribution in [0, 0.1) is 0 Å². The molecule has 204 valence electrons. The smallest absolute Gasteiger partial charge is 0.164 e. The normalized spacial score (nSPS) is 13.1. The summed E-state index contributed by atoms with van der Waals surface area (Å²) in [5, 5.41) is 2.37. The maximum Gasteiger partial charge on any atom is 0.164 e. The lowest BCUT2D eigenvalue weighted by Gasteiger charge is -2.22. The van der Waals surface area contributed by atoms with Crippen LogP contribution in [-0.4, -0.2) is 15.0 Å². The van der Waals surface area contributed by atoms with Gasteiger partial charge in [0.1, 0.15) is 0 Å². The van der Waals surface area contributed by atoms with Crippen LogP contribution in [0.5, 0.6) is 0 Å². The molecule has 0 saturated heterocycles. The van der Waals surface area contributed by atoms with Crippen molar-refractivity contribution in [2.45, 2.75) is 19.3 Å². The van der Waals surface area contributed by atoms with Crippen molar-refractivity contribution in [2.75, 3.05) is 0 Å². The van der Waals surface area contributed by atoms with Crippen molar-refractivity contribution >= 4 is 10.8 Å². The molecule has 1 aliphatic carbocycles. The molecule has 3 heteroatoms. The number of aromatic nitrogens is 3. The molecule has 6 aromatic carbocycles. The summed E-state index contributed by atoms with van der Waals surface area (Å²) in [7, 11) is 0. The number of nitrogens with zero attached hydrogens (tertiary/aromatic N) is 3. The molecule has 8 rings (SSSR count). The molecule has 0 atom stereocenters.